The Morgan fingerprint density at radius 2 is 1.81 bits per heavy atom. The maximum atomic E-state index is 13.0. The van der Waals surface area contributed by atoms with Crippen LogP contribution in [-0.2, 0) is 5.54 Å². The molecule has 1 fully saturated rings. The van der Waals surface area contributed by atoms with Crippen molar-refractivity contribution in [1.29, 1.82) is 0 Å². The van der Waals surface area contributed by atoms with Crippen molar-refractivity contribution < 1.29 is 18.7 Å². The molecule has 0 spiro atoms. The lowest BCUT2D eigenvalue weighted by molar-refractivity contribution is 0.131. The van der Waals surface area contributed by atoms with Crippen LogP contribution < -0.4 is 0 Å². The predicted octanol–water partition coefficient (Wildman–Crippen LogP) is 2.56. The van der Waals surface area contributed by atoms with Gasteiger partial charge in [0.2, 0.25) is 0 Å². The van der Waals surface area contributed by atoms with Crippen molar-refractivity contribution in [1.82, 2.24) is 4.90 Å². The van der Waals surface area contributed by atoms with Gasteiger partial charge in [-0.25, -0.2) is 13.6 Å². The highest BCUT2D eigenvalue weighted by Gasteiger charge is 2.50. The molecule has 16 heavy (non-hydrogen) atoms. The molecule has 0 atom stereocenters. The maximum absolute atomic E-state index is 13.0. The SMILES string of the molecule is CN(C(=O)O)C1(c2cc(F)cc(F)c2)CC1. The van der Waals surface area contributed by atoms with Gasteiger partial charge < -0.3 is 10.0 Å². The fourth-order valence-corrected chi connectivity index (χ4v) is 1.94. The van der Waals surface area contributed by atoms with Gasteiger partial charge in [0.15, 0.2) is 0 Å². The standard InChI is InChI=1S/C11H11F2NO2/c1-14(10(15)16)11(2-3-11)7-4-8(12)6-9(13)5-7/h4-6H,2-3H2,1H3,(H,15,16). The van der Waals surface area contributed by atoms with Crippen LogP contribution in [0.4, 0.5) is 13.6 Å². The third-order valence-electron chi connectivity index (χ3n) is 3.05. The molecule has 1 aliphatic carbocycles. The molecule has 1 aliphatic rings. The van der Waals surface area contributed by atoms with Gasteiger partial charge in [-0.3, -0.25) is 0 Å². The minimum atomic E-state index is -1.10. The number of halogens is 2. The first-order valence-corrected chi connectivity index (χ1v) is 4.89. The summed E-state index contributed by atoms with van der Waals surface area (Å²) in [6, 6.07) is 3.16. The molecule has 0 unspecified atom stereocenters. The Morgan fingerprint density at radius 1 is 1.31 bits per heavy atom. The van der Waals surface area contributed by atoms with E-state index < -0.39 is 23.3 Å². The van der Waals surface area contributed by atoms with Crippen molar-refractivity contribution in [3.63, 3.8) is 0 Å². The zero-order valence-electron chi connectivity index (χ0n) is 8.70. The summed E-state index contributed by atoms with van der Waals surface area (Å²) < 4.78 is 26.1. The van der Waals surface area contributed by atoms with E-state index >= 15 is 0 Å². The third kappa shape index (κ3) is 1.62. The molecule has 0 aliphatic heterocycles. The molecule has 1 N–H and O–H groups in total. The molecule has 1 saturated carbocycles. The van der Waals surface area contributed by atoms with Gasteiger partial charge in [0.1, 0.15) is 11.6 Å². The molecule has 0 radical (unpaired) electrons. The molecular weight excluding hydrogens is 216 g/mol. The van der Waals surface area contributed by atoms with Gasteiger partial charge in [0, 0.05) is 13.1 Å². The van der Waals surface area contributed by atoms with E-state index in [1.165, 1.54) is 19.2 Å². The number of rotatable bonds is 2. The van der Waals surface area contributed by atoms with Crippen molar-refractivity contribution in [3.8, 4) is 0 Å². The van der Waals surface area contributed by atoms with Crippen molar-refractivity contribution in [3.05, 3.63) is 35.4 Å². The Labute approximate surface area is 91.3 Å². The summed E-state index contributed by atoms with van der Waals surface area (Å²) in [5.41, 5.74) is -0.357. The molecule has 3 nitrogen and oxygen atoms in total. The number of amides is 1. The van der Waals surface area contributed by atoms with Crippen molar-refractivity contribution in [2.75, 3.05) is 7.05 Å². The summed E-state index contributed by atoms with van der Waals surface area (Å²) >= 11 is 0. The molecule has 1 aromatic rings. The van der Waals surface area contributed by atoms with Crippen LogP contribution in [0.1, 0.15) is 18.4 Å². The highest BCUT2D eigenvalue weighted by atomic mass is 19.1. The average Bonchev–Trinajstić information content (AvgIpc) is 2.95. The van der Waals surface area contributed by atoms with Crippen LogP contribution in [0.25, 0.3) is 0 Å². The Hall–Kier alpha value is -1.65. The molecule has 0 bridgehead atoms. The van der Waals surface area contributed by atoms with E-state index in [0.717, 1.165) is 11.0 Å². The highest BCUT2D eigenvalue weighted by molar-refractivity contribution is 5.67. The Bertz CT molecular complexity index is 423. The van der Waals surface area contributed by atoms with Gasteiger partial charge in [-0.2, -0.15) is 0 Å². The zero-order chi connectivity index (χ0) is 11.9. The lowest BCUT2D eigenvalue weighted by Crippen LogP contribution is -2.36. The first-order valence-electron chi connectivity index (χ1n) is 4.89. The number of carbonyl (C=O) groups is 1. The van der Waals surface area contributed by atoms with Gasteiger partial charge in [-0.05, 0) is 30.5 Å². The van der Waals surface area contributed by atoms with Gasteiger partial charge in [-0.1, -0.05) is 0 Å². The molecule has 0 aromatic heterocycles. The number of benzene rings is 1. The minimum absolute atomic E-state index is 0.384. The summed E-state index contributed by atoms with van der Waals surface area (Å²) in [6.45, 7) is 0. The lowest BCUT2D eigenvalue weighted by atomic mass is 10.0. The molecule has 2 rings (SSSR count). The quantitative estimate of drug-likeness (QED) is 0.843. The minimum Gasteiger partial charge on any atom is -0.465 e. The largest absolute Gasteiger partial charge is 0.465 e. The number of hydrogen-bond acceptors (Lipinski definition) is 1. The van der Waals surface area contributed by atoms with Crippen molar-refractivity contribution in [2.45, 2.75) is 18.4 Å². The lowest BCUT2D eigenvalue weighted by Gasteiger charge is -2.25. The van der Waals surface area contributed by atoms with E-state index in [-0.39, 0.29) is 0 Å². The molecule has 0 heterocycles. The summed E-state index contributed by atoms with van der Waals surface area (Å²) in [4.78, 5) is 12.0. The highest BCUT2D eigenvalue weighted by Crippen LogP contribution is 2.50. The zero-order valence-corrected chi connectivity index (χ0v) is 8.70. The molecular formula is C11H11F2NO2. The first-order chi connectivity index (χ1) is 7.45. The summed E-state index contributed by atoms with van der Waals surface area (Å²) in [6.07, 6.45) is 0.0966. The van der Waals surface area contributed by atoms with Gasteiger partial charge in [0.25, 0.3) is 0 Å². The number of carboxylic acid groups (broad SMARTS) is 1. The summed E-state index contributed by atoms with van der Waals surface area (Å²) in [5.74, 6) is -1.36. The topological polar surface area (TPSA) is 40.5 Å². The van der Waals surface area contributed by atoms with Crippen molar-refractivity contribution >= 4 is 6.09 Å². The van der Waals surface area contributed by atoms with E-state index in [4.69, 9.17) is 5.11 Å². The van der Waals surface area contributed by atoms with Gasteiger partial charge >= 0.3 is 6.09 Å². The Kier molecular flexibility index (Phi) is 2.33. The fourth-order valence-electron chi connectivity index (χ4n) is 1.94. The summed E-state index contributed by atoms with van der Waals surface area (Å²) in [5, 5.41) is 8.90. The molecule has 0 saturated heterocycles. The molecule has 1 amide bonds. The van der Waals surface area contributed by atoms with E-state index in [1.54, 1.807) is 0 Å². The van der Waals surface area contributed by atoms with Crippen LogP contribution in [0.2, 0.25) is 0 Å². The molecule has 86 valence electrons. The van der Waals surface area contributed by atoms with Crippen LogP contribution in [0, 0.1) is 11.6 Å². The first kappa shape index (κ1) is 10.9. The van der Waals surface area contributed by atoms with Crippen molar-refractivity contribution in [2.24, 2.45) is 0 Å². The van der Waals surface area contributed by atoms with Crippen LogP contribution in [0.5, 0.6) is 0 Å². The van der Waals surface area contributed by atoms with Gasteiger partial charge in [0.05, 0.1) is 5.54 Å². The normalized spacial score (nSPS) is 16.9. The van der Waals surface area contributed by atoms with E-state index in [2.05, 4.69) is 0 Å². The molecule has 5 heteroatoms. The molecule has 1 aromatic carbocycles. The maximum Gasteiger partial charge on any atom is 0.407 e. The van der Waals surface area contributed by atoms with Crippen LogP contribution >= 0.6 is 0 Å². The second-order valence-electron chi connectivity index (χ2n) is 4.03. The van der Waals surface area contributed by atoms with E-state index in [0.29, 0.717) is 18.4 Å². The van der Waals surface area contributed by atoms with E-state index in [9.17, 15) is 13.6 Å². The Balaban J connectivity index is 2.40. The van der Waals surface area contributed by atoms with Crippen LogP contribution in [-0.4, -0.2) is 23.1 Å². The monoisotopic (exact) mass is 227 g/mol. The second kappa shape index (κ2) is 3.43. The number of nitrogens with zero attached hydrogens (tertiary/aromatic N) is 1. The van der Waals surface area contributed by atoms with Gasteiger partial charge in [-0.15, -0.1) is 0 Å². The smallest absolute Gasteiger partial charge is 0.407 e. The number of hydrogen-bond donors (Lipinski definition) is 1. The Morgan fingerprint density at radius 3 is 2.19 bits per heavy atom. The predicted molar refractivity (Wildman–Crippen MR) is 53.1 cm³/mol. The summed E-state index contributed by atoms with van der Waals surface area (Å²) in [7, 11) is 1.41. The van der Waals surface area contributed by atoms with E-state index in [1.807, 2.05) is 0 Å². The van der Waals surface area contributed by atoms with Crippen LogP contribution in [0.3, 0.4) is 0 Å². The average molecular weight is 227 g/mol. The fraction of sp³-hybridized carbons (Fsp3) is 0.364. The second-order valence-corrected chi connectivity index (χ2v) is 4.03. The third-order valence-corrected chi connectivity index (χ3v) is 3.05. The van der Waals surface area contributed by atoms with Crippen LogP contribution in [0.15, 0.2) is 18.2 Å².